The normalized spacial score (nSPS) is 17.1. The molecule has 1 heterocycles. The average molecular weight is 230 g/mol. The van der Waals surface area contributed by atoms with Gasteiger partial charge in [0, 0.05) is 0 Å². The molecule has 1 saturated carbocycles. The molecule has 1 aromatic heterocycles. The molecule has 0 atom stereocenters. The number of carbonyl (C=O) groups excluding carboxylic acids is 1. The van der Waals surface area contributed by atoms with E-state index >= 15 is 0 Å². The van der Waals surface area contributed by atoms with Crippen LogP contribution in [0.4, 0.5) is 0 Å². The summed E-state index contributed by atoms with van der Waals surface area (Å²) in [7, 11) is 0. The van der Waals surface area contributed by atoms with E-state index < -0.39 is 17.4 Å². The summed E-state index contributed by atoms with van der Waals surface area (Å²) in [5.74, 6) is -1.55. The number of halogens is 1. The Kier molecular flexibility index (Phi) is 2.19. The Morgan fingerprint density at radius 3 is 2.53 bits per heavy atom. The minimum atomic E-state index is -1.10. The zero-order valence-corrected chi connectivity index (χ0v) is 8.37. The van der Waals surface area contributed by atoms with Gasteiger partial charge in [-0.25, -0.2) is 4.79 Å². The van der Waals surface area contributed by atoms with Gasteiger partial charge in [-0.1, -0.05) is 0 Å². The van der Waals surface area contributed by atoms with Gasteiger partial charge in [-0.15, -0.1) is 0 Å². The molecule has 2 rings (SSSR count). The molecule has 0 spiro atoms. The zero-order valence-electron chi connectivity index (χ0n) is 7.62. The van der Waals surface area contributed by atoms with Crippen LogP contribution in [0.15, 0.2) is 16.5 Å². The van der Waals surface area contributed by atoms with Crippen molar-refractivity contribution >= 4 is 23.5 Å². The molecule has 0 aromatic carbocycles. The second-order valence-electron chi connectivity index (χ2n) is 3.45. The number of furan rings is 1. The summed E-state index contributed by atoms with van der Waals surface area (Å²) in [5, 5.41) is 11.3. The maximum absolute atomic E-state index is 11.5. The summed E-state index contributed by atoms with van der Waals surface area (Å²) in [5.41, 5.74) is -1.10. The second kappa shape index (κ2) is 3.27. The summed E-state index contributed by atoms with van der Waals surface area (Å²) in [6.45, 7) is 0. The largest absolute Gasteiger partial charge is 0.480 e. The van der Waals surface area contributed by atoms with Crippen LogP contribution in [0, 0.1) is 0 Å². The molecule has 1 aliphatic rings. The minimum Gasteiger partial charge on any atom is -0.480 e. The Morgan fingerprint density at radius 1 is 1.47 bits per heavy atom. The predicted octanol–water partition coefficient (Wildman–Crippen LogP) is 1.28. The SMILES string of the molecule is O=C(NC1(C(=O)O)CC1)c1ccc(Cl)o1. The number of carboxylic acids is 1. The molecule has 0 unspecified atom stereocenters. The number of aliphatic carboxylic acids is 1. The van der Waals surface area contributed by atoms with Crippen LogP contribution >= 0.6 is 11.6 Å². The van der Waals surface area contributed by atoms with Crippen molar-refractivity contribution in [2.24, 2.45) is 0 Å². The highest BCUT2D eigenvalue weighted by Crippen LogP contribution is 2.35. The molecule has 2 N–H and O–H groups in total. The Labute approximate surface area is 90.0 Å². The molecular formula is C9H8ClNO4. The molecule has 0 aliphatic heterocycles. The van der Waals surface area contributed by atoms with E-state index in [1.54, 1.807) is 0 Å². The van der Waals surface area contributed by atoms with Gasteiger partial charge in [0.05, 0.1) is 0 Å². The van der Waals surface area contributed by atoms with Crippen molar-refractivity contribution < 1.29 is 19.1 Å². The lowest BCUT2D eigenvalue weighted by Crippen LogP contribution is -2.42. The van der Waals surface area contributed by atoms with Gasteiger partial charge in [0.2, 0.25) is 0 Å². The Balaban J connectivity index is 2.08. The van der Waals surface area contributed by atoms with Crippen molar-refractivity contribution in [1.29, 1.82) is 0 Å². The van der Waals surface area contributed by atoms with Crippen molar-refractivity contribution in [3.8, 4) is 0 Å². The third-order valence-electron chi connectivity index (χ3n) is 2.31. The highest BCUT2D eigenvalue weighted by atomic mass is 35.5. The maximum atomic E-state index is 11.5. The van der Waals surface area contributed by atoms with Crippen LogP contribution < -0.4 is 5.32 Å². The molecule has 1 aromatic rings. The van der Waals surface area contributed by atoms with E-state index in [4.69, 9.17) is 21.1 Å². The van der Waals surface area contributed by atoms with Crippen LogP contribution in [0.2, 0.25) is 5.22 Å². The van der Waals surface area contributed by atoms with Crippen molar-refractivity contribution in [3.05, 3.63) is 23.1 Å². The summed E-state index contributed by atoms with van der Waals surface area (Å²) >= 11 is 5.49. The molecule has 1 aliphatic carbocycles. The number of rotatable bonds is 3. The average Bonchev–Trinajstić information content (AvgIpc) is 2.82. The third kappa shape index (κ3) is 1.83. The van der Waals surface area contributed by atoms with Crippen LogP contribution in [-0.4, -0.2) is 22.5 Å². The molecule has 1 amide bonds. The Hall–Kier alpha value is -1.49. The zero-order chi connectivity index (χ0) is 11.1. The van der Waals surface area contributed by atoms with Gasteiger partial charge in [-0.05, 0) is 36.6 Å². The standard InChI is InChI=1S/C9H8ClNO4/c10-6-2-1-5(15-6)7(12)11-9(3-4-9)8(13)14/h1-2H,3-4H2,(H,11,12)(H,13,14). The Bertz CT molecular complexity index is 422. The van der Waals surface area contributed by atoms with Gasteiger partial charge in [0.25, 0.3) is 5.91 Å². The van der Waals surface area contributed by atoms with Crippen LogP contribution in [-0.2, 0) is 4.79 Å². The topological polar surface area (TPSA) is 79.5 Å². The molecule has 0 bridgehead atoms. The van der Waals surface area contributed by atoms with Gasteiger partial charge in [0.15, 0.2) is 11.0 Å². The van der Waals surface area contributed by atoms with Crippen molar-refractivity contribution in [1.82, 2.24) is 5.32 Å². The van der Waals surface area contributed by atoms with E-state index in [0.29, 0.717) is 12.8 Å². The fourth-order valence-corrected chi connectivity index (χ4v) is 1.38. The smallest absolute Gasteiger partial charge is 0.329 e. The summed E-state index contributed by atoms with van der Waals surface area (Å²) in [4.78, 5) is 22.3. The molecule has 0 radical (unpaired) electrons. The lowest BCUT2D eigenvalue weighted by Gasteiger charge is -2.10. The molecule has 5 nitrogen and oxygen atoms in total. The molecule has 80 valence electrons. The van der Waals surface area contributed by atoms with Crippen LogP contribution in [0.5, 0.6) is 0 Å². The van der Waals surface area contributed by atoms with Gasteiger partial charge < -0.3 is 14.8 Å². The van der Waals surface area contributed by atoms with Gasteiger partial charge in [-0.3, -0.25) is 4.79 Å². The highest BCUT2D eigenvalue weighted by molar-refractivity contribution is 6.29. The Morgan fingerprint density at radius 2 is 2.13 bits per heavy atom. The van der Waals surface area contributed by atoms with E-state index in [2.05, 4.69) is 5.32 Å². The summed E-state index contributed by atoms with van der Waals surface area (Å²) < 4.78 is 4.86. The lowest BCUT2D eigenvalue weighted by molar-refractivity contribution is -0.140. The highest BCUT2D eigenvalue weighted by Gasteiger charge is 2.52. The molecule has 1 fully saturated rings. The first-order valence-electron chi connectivity index (χ1n) is 4.35. The molecule has 0 saturated heterocycles. The van der Waals surface area contributed by atoms with E-state index in [9.17, 15) is 9.59 Å². The third-order valence-corrected chi connectivity index (χ3v) is 2.51. The lowest BCUT2D eigenvalue weighted by atomic mass is 10.2. The first-order valence-corrected chi connectivity index (χ1v) is 4.72. The first-order chi connectivity index (χ1) is 7.03. The van der Waals surface area contributed by atoms with E-state index in [0.717, 1.165) is 0 Å². The number of hydrogen-bond donors (Lipinski definition) is 2. The van der Waals surface area contributed by atoms with E-state index in [1.807, 2.05) is 0 Å². The van der Waals surface area contributed by atoms with E-state index in [1.165, 1.54) is 12.1 Å². The second-order valence-corrected chi connectivity index (χ2v) is 3.82. The molecular weight excluding hydrogens is 222 g/mol. The van der Waals surface area contributed by atoms with Crippen LogP contribution in [0.25, 0.3) is 0 Å². The monoisotopic (exact) mass is 229 g/mol. The van der Waals surface area contributed by atoms with E-state index in [-0.39, 0.29) is 11.0 Å². The van der Waals surface area contributed by atoms with Gasteiger partial charge in [0.1, 0.15) is 5.54 Å². The summed E-state index contributed by atoms with van der Waals surface area (Å²) in [6.07, 6.45) is 0.894. The van der Waals surface area contributed by atoms with Crippen molar-refractivity contribution in [2.45, 2.75) is 18.4 Å². The van der Waals surface area contributed by atoms with Crippen molar-refractivity contribution in [3.63, 3.8) is 0 Å². The van der Waals surface area contributed by atoms with Crippen LogP contribution in [0.3, 0.4) is 0 Å². The van der Waals surface area contributed by atoms with Crippen molar-refractivity contribution in [2.75, 3.05) is 0 Å². The first kappa shape index (κ1) is 10.0. The van der Waals surface area contributed by atoms with Crippen LogP contribution in [0.1, 0.15) is 23.4 Å². The number of carbonyl (C=O) groups is 2. The number of nitrogens with one attached hydrogen (secondary N) is 1. The summed E-state index contributed by atoms with van der Waals surface area (Å²) in [6, 6.07) is 2.83. The molecule has 6 heteroatoms. The molecule has 15 heavy (non-hydrogen) atoms. The fourth-order valence-electron chi connectivity index (χ4n) is 1.23. The maximum Gasteiger partial charge on any atom is 0.329 e. The fraction of sp³-hybridized carbons (Fsp3) is 0.333. The number of carboxylic acid groups (broad SMARTS) is 1. The number of amides is 1. The predicted molar refractivity (Wildman–Crippen MR) is 50.8 cm³/mol. The van der Waals surface area contributed by atoms with Gasteiger partial charge >= 0.3 is 5.97 Å². The quantitative estimate of drug-likeness (QED) is 0.818. The minimum absolute atomic E-state index is 0.0209. The number of hydrogen-bond acceptors (Lipinski definition) is 3. The van der Waals surface area contributed by atoms with Gasteiger partial charge in [-0.2, -0.15) is 0 Å².